The van der Waals surface area contributed by atoms with Gasteiger partial charge in [-0.25, -0.2) is 0 Å². The molecule has 0 aliphatic heterocycles. The van der Waals surface area contributed by atoms with Gasteiger partial charge in [-0.3, -0.25) is 4.68 Å². The van der Waals surface area contributed by atoms with Crippen LogP contribution in [0.1, 0.15) is 29.2 Å². The molecule has 0 bridgehead atoms. The van der Waals surface area contributed by atoms with Crippen molar-refractivity contribution in [3.8, 4) is 0 Å². The van der Waals surface area contributed by atoms with Crippen molar-refractivity contribution in [2.75, 3.05) is 0 Å². The van der Waals surface area contributed by atoms with Crippen LogP contribution < -0.4 is 5.73 Å². The highest BCUT2D eigenvalue weighted by molar-refractivity contribution is 5.36. The number of rotatable bonds is 3. The second kappa shape index (κ2) is 4.58. The Hall–Kier alpha value is -1.61. The molecule has 1 aromatic heterocycles. The Bertz CT molecular complexity index is 553. The first kappa shape index (κ1) is 12.8. The first-order valence-corrected chi connectivity index (χ1v) is 6.22. The van der Waals surface area contributed by atoms with Crippen molar-refractivity contribution in [3.05, 3.63) is 52.8 Å². The Balaban J connectivity index is 2.32. The molecule has 18 heavy (non-hydrogen) atoms. The maximum Gasteiger partial charge on any atom is 0.0522 e. The maximum absolute atomic E-state index is 6.51. The molecule has 2 aromatic rings. The Morgan fingerprint density at radius 2 is 2.06 bits per heavy atom. The monoisotopic (exact) mass is 243 g/mol. The minimum absolute atomic E-state index is 0.362. The summed E-state index contributed by atoms with van der Waals surface area (Å²) in [5.74, 6) is 0. The highest BCUT2D eigenvalue weighted by Gasteiger charge is 2.24. The highest BCUT2D eigenvalue weighted by Crippen LogP contribution is 2.26. The molecule has 1 unspecified atom stereocenters. The summed E-state index contributed by atoms with van der Waals surface area (Å²) in [6.45, 7) is 6.30. The van der Waals surface area contributed by atoms with Gasteiger partial charge in [0.15, 0.2) is 0 Å². The summed E-state index contributed by atoms with van der Waals surface area (Å²) in [6, 6.07) is 6.45. The van der Waals surface area contributed by atoms with Crippen LogP contribution in [0.25, 0.3) is 0 Å². The maximum atomic E-state index is 6.51. The fraction of sp³-hybridized carbons (Fsp3) is 0.400. The van der Waals surface area contributed by atoms with Crippen molar-refractivity contribution in [2.45, 2.75) is 32.7 Å². The van der Waals surface area contributed by atoms with Crippen LogP contribution in [0.4, 0.5) is 0 Å². The molecule has 0 saturated carbocycles. The third-order valence-corrected chi connectivity index (χ3v) is 3.34. The first-order chi connectivity index (χ1) is 8.38. The van der Waals surface area contributed by atoms with Crippen molar-refractivity contribution in [3.63, 3.8) is 0 Å². The molecule has 1 aromatic carbocycles. The van der Waals surface area contributed by atoms with E-state index in [9.17, 15) is 0 Å². The number of nitrogens with zero attached hydrogens (tertiary/aromatic N) is 2. The van der Waals surface area contributed by atoms with E-state index >= 15 is 0 Å². The van der Waals surface area contributed by atoms with Crippen molar-refractivity contribution < 1.29 is 0 Å². The largest absolute Gasteiger partial charge is 0.321 e. The summed E-state index contributed by atoms with van der Waals surface area (Å²) >= 11 is 0. The number of hydrogen-bond acceptors (Lipinski definition) is 2. The fourth-order valence-corrected chi connectivity index (χ4v) is 2.43. The minimum Gasteiger partial charge on any atom is -0.321 e. The van der Waals surface area contributed by atoms with Gasteiger partial charge >= 0.3 is 0 Å². The molecule has 0 amide bonds. The van der Waals surface area contributed by atoms with Crippen LogP contribution in [0, 0.1) is 13.8 Å². The van der Waals surface area contributed by atoms with Gasteiger partial charge in [0.2, 0.25) is 0 Å². The van der Waals surface area contributed by atoms with E-state index in [2.05, 4.69) is 44.1 Å². The summed E-state index contributed by atoms with van der Waals surface area (Å²) in [5.41, 5.74) is 11.0. The van der Waals surface area contributed by atoms with Gasteiger partial charge in [-0.05, 0) is 43.9 Å². The number of aromatic nitrogens is 2. The second-order valence-corrected chi connectivity index (χ2v) is 5.43. The molecular weight excluding hydrogens is 222 g/mol. The Kier molecular flexibility index (Phi) is 3.26. The Morgan fingerprint density at radius 1 is 1.33 bits per heavy atom. The van der Waals surface area contributed by atoms with Gasteiger partial charge in [0.1, 0.15) is 0 Å². The minimum atomic E-state index is -0.362. The van der Waals surface area contributed by atoms with Gasteiger partial charge in [-0.15, -0.1) is 0 Å². The second-order valence-electron chi connectivity index (χ2n) is 5.43. The third kappa shape index (κ3) is 2.62. The average molecular weight is 243 g/mol. The molecule has 0 saturated heterocycles. The van der Waals surface area contributed by atoms with Crippen molar-refractivity contribution in [1.29, 1.82) is 0 Å². The molecule has 0 aliphatic rings. The lowest BCUT2D eigenvalue weighted by Crippen LogP contribution is -2.36. The summed E-state index contributed by atoms with van der Waals surface area (Å²) < 4.78 is 1.81. The zero-order valence-electron chi connectivity index (χ0n) is 11.6. The van der Waals surface area contributed by atoms with Gasteiger partial charge in [-0.1, -0.05) is 23.8 Å². The van der Waals surface area contributed by atoms with E-state index in [1.54, 1.807) is 0 Å². The van der Waals surface area contributed by atoms with E-state index in [4.69, 9.17) is 5.73 Å². The molecule has 3 nitrogen and oxygen atoms in total. The van der Waals surface area contributed by atoms with E-state index in [0.29, 0.717) is 0 Å². The first-order valence-electron chi connectivity index (χ1n) is 6.22. The lowest BCUT2D eigenvalue weighted by Gasteiger charge is -2.27. The Morgan fingerprint density at radius 3 is 2.67 bits per heavy atom. The van der Waals surface area contributed by atoms with Gasteiger partial charge in [0.05, 0.1) is 6.20 Å². The van der Waals surface area contributed by atoms with Crippen molar-refractivity contribution in [1.82, 2.24) is 9.78 Å². The highest BCUT2D eigenvalue weighted by atomic mass is 15.2. The lowest BCUT2D eigenvalue weighted by atomic mass is 9.84. The zero-order chi connectivity index (χ0) is 13.3. The topological polar surface area (TPSA) is 43.8 Å². The van der Waals surface area contributed by atoms with E-state index in [0.717, 1.165) is 6.42 Å². The summed E-state index contributed by atoms with van der Waals surface area (Å²) in [5, 5.41) is 4.20. The fourth-order valence-electron chi connectivity index (χ4n) is 2.43. The molecule has 2 N–H and O–H groups in total. The summed E-state index contributed by atoms with van der Waals surface area (Å²) in [6.07, 6.45) is 4.71. The van der Waals surface area contributed by atoms with Gasteiger partial charge in [-0.2, -0.15) is 5.10 Å². The molecule has 0 spiro atoms. The third-order valence-electron chi connectivity index (χ3n) is 3.34. The van der Waals surface area contributed by atoms with Crippen LogP contribution in [0.3, 0.4) is 0 Å². The van der Waals surface area contributed by atoms with E-state index in [1.165, 1.54) is 22.3 Å². The molecule has 2 rings (SSSR count). The van der Waals surface area contributed by atoms with E-state index in [1.807, 2.05) is 24.1 Å². The van der Waals surface area contributed by atoms with Crippen LogP contribution in [-0.4, -0.2) is 9.78 Å². The molecule has 96 valence electrons. The number of nitrogens with two attached hydrogens (primary N) is 1. The Labute approximate surface area is 109 Å². The lowest BCUT2D eigenvalue weighted by molar-refractivity contribution is 0.488. The van der Waals surface area contributed by atoms with Gasteiger partial charge in [0.25, 0.3) is 0 Å². The van der Waals surface area contributed by atoms with Crippen molar-refractivity contribution in [2.24, 2.45) is 12.8 Å². The SMILES string of the molecule is Cc1ccc(C)c(C(C)(N)Cc2cnn(C)c2)c1. The summed E-state index contributed by atoms with van der Waals surface area (Å²) in [4.78, 5) is 0. The number of benzene rings is 1. The zero-order valence-corrected chi connectivity index (χ0v) is 11.6. The summed E-state index contributed by atoms with van der Waals surface area (Å²) in [7, 11) is 1.93. The van der Waals surface area contributed by atoms with E-state index in [-0.39, 0.29) is 5.54 Å². The van der Waals surface area contributed by atoms with E-state index < -0.39 is 0 Å². The van der Waals surface area contributed by atoms with Crippen LogP contribution in [0.5, 0.6) is 0 Å². The normalized spacial score (nSPS) is 14.5. The molecule has 0 fully saturated rings. The van der Waals surface area contributed by atoms with Crippen LogP contribution >= 0.6 is 0 Å². The smallest absolute Gasteiger partial charge is 0.0522 e. The van der Waals surface area contributed by atoms with Crippen LogP contribution in [-0.2, 0) is 19.0 Å². The van der Waals surface area contributed by atoms with Crippen LogP contribution in [0.2, 0.25) is 0 Å². The standard InChI is InChI=1S/C15H21N3/c1-11-5-6-12(2)14(7-11)15(3,16)8-13-9-17-18(4)10-13/h5-7,9-10H,8,16H2,1-4H3. The molecule has 0 aliphatic carbocycles. The predicted octanol–water partition coefficient (Wildman–Crippen LogP) is 2.45. The quantitative estimate of drug-likeness (QED) is 0.900. The average Bonchev–Trinajstić information content (AvgIpc) is 2.66. The molecule has 3 heteroatoms. The molecule has 1 atom stereocenters. The molecule has 1 heterocycles. The number of aryl methyl sites for hydroxylation is 3. The predicted molar refractivity (Wildman–Crippen MR) is 74.4 cm³/mol. The number of hydrogen-bond donors (Lipinski definition) is 1. The van der Waals surface area contributed by atoms with Crippen molar-refractivity contribution >= 4 is 0 Å². The molecule has 0 radical (unpaired) electrons. The van der Waals surface area contributed by atoms with Gasteiger partial charge in [0, 0.05) is 18.8 Å². The van der Waals surface area contributed by atoms with Crippen LogP contribution in [0.15, 0.2) is 30.6 Å². The molecular formula is C15H21N3. The van der Waals surface area contributed by atoms with Gasteiger partial charge < -0.3 is 5.73 Å².